The van der Waals surface area contributed by atoms with Gasteiger partial charge in [-0.15, -0.1) is 0 Å². The van der Waals surface area contributed by atoms with E-state index >= 15 is 0 Å². The summed E-state index contributed by atoms with van der Waals surface area (Å²) >= 11 is 0. The Balaban J connectivity index is 2.06. The number of rotatable bonds is 5. The summed E-state index contributed by atoms with van der Waals surface area (Å²) in [5.74, 6) is -0.315. The van der Waals surface area contributed by atoms with E-state index < -0.39 is 9.84 Å². The number of aromatic nitrogens is 2. The molecular weight excluding hydrogens is 328 g/mol. The van der Waals surface area contributed by atoms with Crippen LogP contribution < -0.4 is 5.76 Å². The lowest BCUT2D eigenvalue weighted by molar-refractivity contribution is 0.513. The van der Waals surface area contributed by atoms with Crippen molar-refractivity contribution in [2.24, 2.45) is 0 Å². The zero-order chi connectivity index (χ0) is 17.3. The molecule has 0 aliphatic carbocycles. The third-order valence-corrected chi connectivity index (χ3v) is 5.59. The zero-order valence-electron chi connectivity index (χ0n) is 13.5. The molecule has 2 aromatic heterocycles. The molecule has 0 N–H and O–H groups in total. The number of benzene rings is 1. The molecule has 0 saturated carbocycles. The van der Waals surface area contributed by atoms with Crippen LogP contribution >= 0.6 is 0 Å². The second kappa shape index (κ2) is 6.24. The predicted molar refractivity (Wildman–Crippen MR) is 92.5 cm³/mol. The van der Waals surface area contributed by atoms with Crippen LogP contribution in [0.4, 0.5) is 0 Å². The minimum absolute atomic E-state index is 0.0298. The third-order valence-electron chi connectivity index (χ3n) is 3.94. The van der Waals surface area contributed by atoms with Gasteiger partial charge in [-0.1, -0.05) is 13.0 Å². The first-order valence-electron chi connectivity index (χ1n) is 7.71. The van der Waals surface area contributed by atoms with Gasteiger partial charge in [0, 0.05) is 30.3 Å². The van der Waals surface area contributed by atoms with Crippen LogP contribution in [0, 0.1) is 0 Å². The Labute approximate surface area is 139 Å². The molecule has 0 aliphatic heterocycles. The number of sulfone groups is 1. The Morgan fingerprint density at radius 1 is 1.12 bits per heavy atom. The molecule has 2 heterocycles. The highest BCUT2D eigenvalue weighted by Gasteiger charge is 2.12. The van der Waals surface area contributed by atoms with Crippen molar-refractivity contribution in [2.45, 2.75) is 26.1 Å². The molecule has 0 atom stereocenters. The van der Waals surface area contributed by atoms with Gasteiger partial charge in [-0.25, -0.2) is 13.2 Å². The van der Waals surface area contributed by atoms with Crippen LogP contribution in [-0.4, -0.2) is 23.7 Å². The Morgan fingerprint density at radius 2 is 1.92 bits per heavy atom. The van der Waals surface area contributed by atoms with E-state index in [1.165, 1.54) is 0 Å². The highest BCUT2D eigenvalue weighted by molar-refractivity contribution is 7.90. The van der Waals surface area contributed by atoms with E-state index in [4.69, 9.17) is 4.42 Å². The summed E-state index contributed by atoms with van der Waals surface area (Å²) in [6.45, 7) is 4.02. The molecule has 24 heavy (non-hydrogen) atoms. The van der Waals surface area contributed by atoms with E-state index in [1.54, 1.807) is 30.0 Å². The minimum Gasteiger partial charge on any atom is -0.408 e. The Kier molecular flexibility index (Phi) is 4.28. The van der Waals surface area contributed by atoms with Gasteiger partial charge < -0.3 is 4.42 Å². The summed E-state index contributed by atoms with van der Waals surface area (Å²) in [6.07, 6.45) is 3.24. The van der Waals surface area contributed by atoms with E-state index in [0.717, 1.165) is 11.1 Å². The Bertz CT molecular complexity index is 1050. The molecule has 0 spiro atoms. The lowest BCUT2D eigenvalue weighted by atomic mass is 10.1. The van der Waals surface area contributed by atoms with E-state index in [9.17, 15) is 13.2 Å². The van der Waals surface area contributed by atoms with Crippen molar-refractivity contribution in [1.82, 2.24) is 9.55 Å². The number of fused-ring (bicyclic) bond motifs is 1. The van der Waals surface area contributed by atoms with Gasteiger partial charge in [-0.2, -0.15) is 0 Å². The summed E-state index contributed by atoms with van der Waals surface area (Å²) in [5, 5.41) is 0. The Morgan fingerprint density at radius 3 is 2.62 bits per heavy atom. The highest BCUT2D eigenvalue weighted by Crippen LogP contribution is 2.24. The van der Waals surface area contributed by atoms with Crippen LogP contribution in [0.25, 0.3) is 22.2 Å². The van der Waals surface area contributed by atoms with E-state index in [1.807, 2.05) is 25.1 Å². The summed E-state index contributed by atoms with van der Waals surface area (Å²) in [4.78, 5) is 15.9. The van der Waals surface area contributed by atoms with Crippen LogP contribution in [0.1, 0.15) is 19.4 Å². The average molecular weight is 346 g/mol. The van der Waals surface area contributed by atoms with Crippen molar-refractivity contribution in [3.05, 3.63) is 52.8 Å². The number of hydrogen-bond acceptors (Lipinski definition) is 5. The largest absolute Gasteiger partial charge is 0.419 e. The SMILES string of the molecule is CCn1c(=O)oc2ccc(-c3cncc(CS(=O)(=O)CC)c3)cc21. The fraction of sp³-hybridized carbons (Fsp3) is 0.294. The average Bonchev–Trinajstić information content (AvgIpc) is 2.88. The van der Waals surface area contributed by atoms with Crippen LogP contribution in [0.15, 0.2) is 45.9 Å². The molecular formula is C17H18N2O4S. The van der Waals surface area contributed by atoms with E-state index in [2.05, 4.69) is 4.98 Å². The molecule has 6 nitrogen and oxygen atoms in total. The molecule has 126 valence electrons. The quantitative estimate of drug-likeness (QED) is 0.709. The van der Waals surface area contributed by atoms with Crippen LogP contribution in [0.5, 0.6) is 0 Å². The number of oxazole rings is 1. The maximum absolute atomic E-state index is 11.8. The maximum atomic E-state index is 11.8. The molecule has 0 saturated heterocycles. The first-order chi connectivity index (χ1) is 11.4. The maximum Gasteiger partial charge on any atom is 0.419 e. The van der Waals surface area contributed by atoms with E-state index in [0.29, 0.717) is 23.2 Å². The lowest BCUT2D eigenvalue weighted by Crippen LogP contribution is -2.12. The van der Waals surface area contributed by atoms with Gasteiger partial charge >= 0.3 is 5.76 Å². The van der Waals surface area contributed by atoms with Gasteiger partial charge in [0.2, 0.25) is 0 Å². The molecule has 0 radical (unpaired) electrons. The van der Waals surface area contributed by atoms with Crippen molar-refractivity contribution in [3.8, 4) is 11.1 Å². The van der Waals surface area contributed by atoms with Gasteiger partial charge in [0.05, 0.1) is 11.3 Å². The van der Waals surface area contributed by atoms with Crippen LogP contribution in [-0.2, 0) is 22.1 Å². The van der Waals surface area contributed by atoms with Crippen molar-refractivity contribution in [3.63, 3.8) is 0 Å². The van der Waals surface area contributed by atoms with Gasteiger partial charge in [-0.05, 0) is 36.2 Å². The topological polar surface area (TPSA) is 82.2 Å². The van der Waals surface area contributed by atoms with Crippen molar-refractivity contribution >= 4 is 20.9 Å². The second-order valence-electron chi connectivity index (χ2n) is 5.55. The fourth-order valence-electron chi connectivity index (χ4n) is 2.62. The van der Waals surface area contributed by atoms with Crippen LogP contribution in [0.2, 0.25) is 0 Å². The van der Waals surface area contributed by atoms with Gasteiger partial charge in [0.1, 0.15) is 0 Å². The third kappa shape index (κ3) is 3.12. The van der Waals surface area contributed by atoms with Gasteiger partial charge in [0.15, 0.2) is 15.4 Å². The van der Waals surface area contributed by atoms with Crippen molar-refractivity contribution < 1.29 is 12.8 Å². The molecule has 0 fully saturated rings. The molecule has 3 aromatic rings. The van der Waals surface area contributed by atoms with E-state index in [-0.39, 0.29) is 17.3 Å². The number of pyridine rings is 1. The molecule has 0 amide bonds. The second-order valence-corrected chi connectivity index (χ2v) is 7.91. The van der Waals surface area contributed by atoms with Crippen molar-refractivity contribution in [2.75, 3.05) is 5.75 Å². The summed E-state index contributed by atoms with van der Waals surface area (Å²) in [5.41, 5.74) is 3.55. The van der Waals surface area contributed by atoms with Crippen LogP contribution in [0.3, 0.4) is 0 Å². The number of aryl methyl sites for hydroxylation is 1. The molecule has 3 rings (SSSR count). The molecule has 0 unspecified atom stereocenters. The molecule has 1 aromatic carbocycles. The van der Waals surface area contributed by atoms with Gasteiger partial charge in [-0.3, -0.25) is 9.55 Å². The standard InChI is InChI=1S/C17H18N2O4S/c1-3-19-15-8-13(5-6-16(15)23-17(19)20)14-7-12(9-18-10-14)11-24(21,22)4-2/h5-10H,3-4,11H2,1-2H3. The first kappa shape index (κ1) is 16.4. The van der Waals surface area contributed by atoms with Crippen molar-refractivity contribution in [1.29, 1.82) is 0 Å². The summed E-state index contributed by atoms with van der Waals surface area (Å²) in [7, 11) is -3.11. The summed E-state index contributed by atoms with van der Waals surface area (Å²) in [6, 6.07) is 7.25. The zero-order valence-corrected chi connectivity index (χ0v) is 14.3. The lowest BCUT2D eigenvalue weighted by Gasteiger charge is -2.06. The Hall–Kier alpha value is -2.41. The summed E-state index contributed by atoms with van der Waals surface area (Å²) < 4.78 is 30.3. The normalized spacial score (nSPS) is 11.9. The predicted octanol–water partition coefficient (Wildman–Crippen LogP) is 2.61. The molecule has 0 bridgehead atoms. The van der Waals surface area contributed by atoms with Gasteiger partial charge in [0.25, 0.3) is 0 Å². The smallest absolute Gasteiger partial charge is 0.408 e. The highest BCUT2D eigenvalue weighted by atomic mass is 32.2. The number of hydrogen-bond donors (Lipinski definition) is 0. The monoisotopic (exact) mass is 346 g/mol. The minimum atomic E-state index is -3.11. The number of nitrogens with zero attached hydrogens (tertiary/aromatic N) is 2. The first-order valence-corrected chi connectivity index (χ1v) is 9.53. The molecule has 0 aliphatic rings. The molecule has 7 heteroatoms. The fourth-order valence-corrected chi connectivity index (χ4v) is 3.49.